The number of nitrogens with zero attached hydrogens (tertiary/aromatic N) is 5. The van der Waals surface area contributed by atoms with E-state index >= 15 is 0 Å². The highest BCUT2D eigenvalue weighted by molar-refractivity contribution is 5.77. The van der Waals surface area contributed by atoms with Gasteiger partial charge in [-0.15, -0.1) is 0 Å². The number of likely N-dealkylation sites (N-methyl/N-ethyl adjacent to an activating group) is 1. The number of rotatable bonds is 8. The third-order valence-corrected chi connectivity index (χ3v) is 6.70. The lowest BCUT2D eigenvalue weighted by Gasteiger charge is -2.29. The van der Waals surface area contributed by atoms with E-state index in [1.54, 1.807) is 15.7 Å². The second-order valence-corrected chi connectivity index (χ2v) is 9.94. The number of hydrogen-bond acceptors (Lipinski definition) is 9. The average Bonchev–Trinajstić information content (AvgIpc) is 3.49. The number of hydrogen-bond donors (Lipinski definition) is 2. The van der Waals surface area contributed by atoms with Crippen molar-refractivity contribution in [2.75, 3.05) is 44.5 Å². The largest absolute Gasteiger partial charge is 0.461 e. The summed E-state index contributed by atoms with van der Waals surface area (Å²) in [6.45, 7) is 1.17. The zero-order valence-electron chi connectivity index (χ0n) is 21.2. The lowest BCUT2D eigenvalue weighted by atomic mass is 9.93. The van der Waals surface area contributed by atoms with Crippen LogP contribution in [0.25, 0.3) is 11.2 Å². The summed E-state index contributed by atoms with van der Waals surface area (Å²) in [5, 5.41) is 6.04. The number of aromatic nitrogens is 4. The van der Waals surface area contributed by atoms with Crippen LogP contribution in [0.15, 0.2) is 18.3 Å². The van der Waals surface area contributed by atoms with E-state index < -0.39 is 23.1 Å². The van der Waals surface area contributed by atoms with Crippen LogP contribution in [0.5, 0.6) is 0 Å². The van der Waals surface area contributed by atoms with Crippen LogP contribution >= 0.6 is 0 Å². The van der Waals surface area contributed by atoms with Gasteiger partial charge in [0.05, 0.1) is 25.4 Å². The number of carbonyl (C=O) groups is 1. The number of ether oxygens (including phenoxy) is 2. The molecule has 0 spiro atoms. The summed E-state index contributed by atoms with van der Waals surface area (Å²) in [4.78, 5) is 27.3. The summed E-state index contributed by atoms with van der Waals surface area (Å²) >= 11 is 0. The van der Waals surface area contributed by atoms with Crippen LogP contribution < -0.4 is 10.6 Å². The number of carbonyl (C=O) groups excluding carboxylic acids is 1. The molecular weight excluding hydrogens is 503 g/mol. The maximum absolute atomic E-state index is 14.4. The Hall–Kier alpha value is -3.45. The number of esters is 1. The van der Waals surface area contributed by atoms with Crippen molar-refractivity contribution >= 4 is 34.7 Å². The van der Waals surface area contributed by atoms with Crippen LogP contribution in [0.3, 0.4) is 0 Å². The minimum absolute atomic E-state index is 0.0995. The van der Waals surface area contributed by atoms with Crippen LogP contribution in [-0.2, 0) is 14.3 Å². The fourth-order valence-corrected chi connectivity index (χ4v) is 4.88. The van der Waals surface area contributed by atoms with Gasteiger partial charge < -0.3 is 20.1 Å². The van der Waals surface area contributed by atoms with E-state index in [1.165, 1.54) is 0 Å². The maximum Gasteiger partial charge on any atom is 0.320 e. The molecule has 1 saturated carbocycles. The fraction of sp³-hybridized carbons (Fsp3) is 0.520. The molecule has 5 rings (SSSR count). The standard InChI is InChI=1S/C25H30F3N7O3/c1-34(2)12-21(36)38-17-5-3-15(4-6-17)30-24-29-11-20-23(33-24)35(16-7-8-37-13-16)25(31-20)32-22-18(27)9-14(26)10-19(22)28/h9-11,15-17H,3-8,12-13H2,1-2H3,(H,31,32)(H,29,30,33)/t15?,16-,17?/m0/s1. The van der Waals surface area contributed by atoms with Gasteiger partial charge >= 0.3 is 5.97 Å². The Morgan fingerprint density at radius 2 is 1.87 bits per heavy atom. The van der Waals surface area contributed by atoms with E-state index in [4.69, 9.17) is 9.47 Å². The minimum atomic E-state index is -1.07. The first kappa shape index (κ1) is 26.2. The van der Waals surface area contributed by atoms with E-state index in [0.717, 1.165) is 25.7 Å². The maximum atomic E-state index is 14.4. The number of anilines is 3. The summed E-state index contributed by atoms with van der Waals surface area (Å²) in [6.07, 6.45) is 5.15. The molecule has 1 aliphatic heterocycles. The Balaban J connectivity index is 1.34. The molecule has 1 atom stereocenters. The Kier molecular flexibility index (Phi) is 7.65. The van der Waals surface area contributed by atoms with Crippen molar-refractivity contribution in [3.63, 3.8) is 0 Å². The Bertz CT molecular complexity index is 1280. The van der Waals surface area contributed by atoms with Crippen molar-refractivity contribution in [3.05, 3.63) is 35.8 Å². The van der Waals surface area contributed by atoms with Crippen LogP contribution in [0.1, 0.15) is 38.1 Å². The third kappa shape index (κ3) is 5.83. The molecule has 38 heavy (non-hydrogen) atoms. The molecule has 1 aromatic carbocycles. The minimum Gasteiger partial charge on any atom is -0.461 e. The number of halogens is 3. The predicted octanol–water partition coefficient (Wildman–Crippen LogP) is 3.78. The molecule has 2 N–H and O–H groups in total. The molecule has 13 heteroatoms. The van der Waals surface area contributed by atoms with Crippen molar-refractivity contribution < 1.29 is 27.4 Å². The first-order chi connectivity index (χ1) is 18.3. The van der Waals surface area contributed by atoms with Crippen molar-refractivity contribution in [2.45, 2.75) is 50.3 Å². The van der Waals surface area contributed by atoms with Gasteiger partial charge in [-0.05, 0) is 46.2 Å². The molecule has 0 amide bonds. The van der Waals surface area contributed by atoms with E-state index in [0.29, 0.717) is 48.9 Å². The summed E-state index contributed by atoms with van der Waals surface area (Å²) in [6, 6.07) is 1.15. The van der Waals surface area contributed by atoms with Crippen molar-refractivity contribution in [1.29, 1.82) is 0 Å². The number of nitrogens with one attached hydrogen (secondary N) is 2. The van der Waals surface area contributed by atoms with Crippen LogP contribution in [0, 0.1) is 17.5 Å². The zero-order chi connectivity index (χ0) is 26.8. The SMILES string of the molecule is CN(C)CC(=O)OC1CCC(Nc2ncc3nc(Nc4c(F)cc(F)cc4F)n([C@H]4CCOC4)c3n2)CC1. The van der Waals surface area contributed by atoms with E-state index in [-0.39, 0.29) is 36.7 Å². The van der Waals surface area contributed by atoms with Crippen molar-refractivity contribution in [1.82, 2.24) is 24.4 Å². The summed E-state index contributed by atoms with van der Waals surface area (Å²) in [5.74, 6) is -2.82. The Labute approximate surface area is 217 Å². The molecule has 1 saturated heterocycles. The summed E-state index contributed by atoms with van der Waals surface area (Å²) in [7, 11) is 3.64. The molecule has 0 unspecified atom stereocenters. The fourth-order valence-electron chi connectivity index (χ4n) is 4.88. The first-order valence-corrected chi connectivity index (χ1v) is 12.6. The Morgan fingerprint density at radius 1 is 1.13 bits per heavy atom. The smallest absolute Gasteiger partial charge is 0.320 e. The lowest BCUT2D eigenvalue weighted by molar-refractivity contribution is -0.151. The molecule has 2 aliphatic rings. The predicted molar refractivity (Wildman–Crippen MR) is 134 cm³/mol. The summed E-state index contributed by atoms with van der Waals surface area (Å²) in [5.41, 5.74) is 0.412. The van der Waals surface area contributed by atoms with Gasteiger partial charge in [0.1, 0.15) is 23.1 Å². The molecule has 10 nitrogen and oxygen atoms in total. The normalized spacial score (nSPS) is 21.7. The van der Waals surface area contributed by atoms with Gasteiger partial charge in [0.25, 0.3) is 0 Å². The molecule has 0 bridgehead atoms. The lowest BCUT2D eigenvalue weighted by Crippen LogP contribution is -2.33. The number of imidazole rings is 1. The van der Waals surface area contributed by atoms with Crippen molar-refractivity contribution in [3.8, 4) is 0 Å². The molecule has 0 radical (unpaired) electrons. The van der Waals surface area contributed by atoms with E-state index in [1.807, 2.05) is 14.1 Å². The molecule has 1 aliphatic carbocycles. The van der Waals surface area contributed by atoms with Gasteiger partial charge in [0.2, 0.25) is 11.9 Å². The monoisotopic (exact) mass is 533 g/mol. The highest BCUT2D eigenvalue weighted by Crippen LogP contribution is 2.32. The quantitative estimate of drug-likeness (QED) is 0.419. The molecule has 2 aromatic heterocycles. The molecule has 204 valence electrons. The van der Waals surface area contributed by atoms with E-state index in [9.17, 15) is 18.0 Å². The summed E-state index contributed by atoms with van der Waals surface area (Å²) < 4.78 is 55.0. The molecule has 3 heterocycles. The number of fused-ring (bicyclic) bond motifs is 1. The first-order valence-electron chi connectivity index (χ1n) is 12.6. The highest BCUT2D eigenvalue weighted by atomic mass is 19.1. The van der Waals surface area contributed by atoms with Gasteiger partial charge in [-0.2, -0.15) is 4.98 Å². The van der Waals surface area contributed by atoms with Crippen LogP contribution in [0.4, 0.5) is 30.8 Å². The topological polar surface area (TPSA) is 106 Å². The van der Waals surface area contributed by atoms with Gasteiger partial charge in [-0.3, -0.25) is 14.3 Å². The zero-order valence-corrected chi connectivity index (χ0v) is 21.2. The number of benzene rings is 1. The van der Waals surface area contributed by atoms with Crippen LogP contribution in [0.2, 0.25) is 0 Å². The van der Waals surface area contributed by atoms with Crippen molar-refractivity contribution in [2.24, 2.45) is 0 Å². The highest BCUT2D eigenvalue weighted by Gasteiger charge is 2.28. The van der Waals surface area contributed by atoms with Gasteiger partial charge in [-0.1, -0.05) is 0 Å². The van der Waals surface area contributed by atoms with Gasteiger partial charge in [-0.25, -0.2) is 23.1 Å². The molecule has 2 fully saturated rings. The second-order valence-electron chi connectivity index (χ2n) is 9.94. The van der Waals surface area contributed by atoms with Crippen LogP contribution in [-0.4, -0.2) is 76.4 Å². The molecule has 3 aromatic rings. The second kappa shape index (κ2) is 11.1. The third-order valence-electron chi connectivity index (χ3n) is 6.70. The Morgan fingerprint density at radius 3 is 2.53 bits per heavy atom. The van der Waals surface area contributed by atoms with E-state index in [2.05, 4.69) is 25.6 Å². The van der Waals surface area contributed by atoms with Gasteiger partial charge in [0, 0.05) is 24.8 Å². The van der Waals surface area contributed by atoms with Gasteiger partial charge in [0.15, 0.2) is 17.3 Å². The molecular formula is C25H30F3N7O3. The average molecular weight is 534 g/mol.